The lowest BCUT2D eigenvalue weighted by Gasteiger charge is -2.26. The Morgan fingerprint density at radius 1 is 1.31 bits per heavy atom. The Kier molecular flexibility index (Phi) is 4.76. The quantitative estimate of drug-likeness (QED) is 0.741. The molecule has 0 aromatic heterocycles. The van der Waals surface area contributed by atoms with Crippen molar-refractivity contribution >= 4 is 10.0 Å². The van der Waals surface area contributed by atoms with Crippen LogP contribution in [0.1, 0.15) is 39.5 Å². The van der Waals surface area contributed by atoms with Gasteiger partial charge in [-0.1, -0.05) is 26.7 Å². The van der Waals surface area contributed by atoms with Crippen LogP contribution in [-0.2, 0) is 10.0 Å². The lowest BCUT2D eigenvalue weighted by atomic mass is 9.88. The Balaban J connectivity index is 2.49. The average molecular weight is 249 g/mol. The Morgan fingerprint density at radius 2 is 1.88 bits per heavy atom. The summed E-state index contributed by atoms with van der Waals surface area (Å²) in [5.41, 5.74) is -0.204. The predicted molar refractivity (Wildman–Crippen MR) is 64.6 cm³/mol. The molecule has 0 spiro atoms. The molecule has 0 amide bonds. The second-order valence-electron chi connectivity index (χ2n) is 5.36. The summed E-state index contributed by atoms with van der Waals surface area (Å²) in [7, 11) is -3.18. The Morgan fingerprint density at radius 3 is 2.31 bits per heavy atom. The van der Waals surface area contributed by atoms with Crippen LogP contribution in [0.15, 0.2) is 0 Å². The highest BCUT2D eigenvalue weighted by molar-refractivity contribution is 7.89. The monoisotopic (exact) mass is 249 g/mol. The molecule has 16 heavy (non-hydrogen) atoms. The zero-order chi connectivity index (χ0) is 12.2. The van der Waals surface area contributed by atoms with Crippen LogP contribution in [0.25, 0.3) is 0 Å². The Hall–Kier alpha value is -0.130. The number of nitrogens with one attached hydrogen (secondary N) is 1. The van der Waals surface area contributed by atoms with Crippen LogP contribution in [0.3, 0.4) is 0 Å². The molecular weight excluding hydrogens is 226 g/mol. The largest absolute Gasteiger partial charge is 0.396 e. The number of sulfonamides is 1. The van der Waals surface area contributed by atoms with Crippen molar-refractivity contribution in [3.05, 3.63) is 0 Å². The molecule has 96 valence electrons. The average Bonchev–Trinajstić information content (AvgIpc) is 2.62. The Bertz CT molecular complexity index is 305. The van der Waals surface area contributed by atoms with Gasteiger partial charge in [0.05, 0.1) is 5.75 Å². The van der Waals surface area contributed by atoms with Crippen molar-refractivity contribution in [2.24, 2.45) is 11.3 Å². The molecule has 1 rings (SSSR count). The molecule has 0 aliphatic heterocycles. The zero-order valence-corrected chi connectivity index (χ0v) is 11.0. The fourth-order valence-corrected chi connectivity index (χ4v) is 3.80. The molecule has 4 nitrogen and oxygen atoms in total. The highest BCUT2D eigenvalue weighted by atomic mass is 32.2. The van der Waals surface area contributed by atoms with Gasteiger partial charge in [0.2, 0.25) is 10.0 Å². The first-order valence-corrected chi connectivity index (χ1v) is 7.63. The lowest BCUT2D eigenvalue weighted by molar-refractivity contribution is 0.134. The van der Waals surface area contributed by atoms with Crippen LogP contribution in [0, 0.1) is 11.3 Å². The number of hydrogen-bond donors (Lipinski definition) is 2. The van der Waals surface area contributed by atoms with Crippen molar-refractivity contribution in [3.8, 4) is 0 Å². The van der Waals surface area contributed by atoms with E-state index < -0.39 is 10.0 Å². The predicted octanol–water partition coefficient (Wildman–Crippen LogP) is 1.11. The standard InChI is InChI=1S/C11H23NO3S/c1-10(2)7-16(14,15)12-8-11(9-13)5-3-4-6-11/h10,12-13H,3-9H2,1-2H3. The minimum absolute atomic E-state index is 0.0806. The molecule has 2 N–H and O–H groups in total. The summed E-state index contributed by atoms with van der Waals surface area (Å²) in [6, 6.07) is 0. The van der Waals surface area contributed by atoms with Crippen molar-refractivity contribution in [2.75, 3.05) is 18.9 Å². The molecule has 1 aliphatic carbocycles. The first-order chi connectivity index (χ1) is 7.39. The van der Waals surface area contributed by atoms with Gasteiger partial charge in [-0.3, -0.25) is 0 Å². The van der Waals surface area contributed by atoms with E-state index in [0.717, 1.165) is 25.7 Å². The van der Waals surface area contributed by atoms with Gasteiger partial charge < -0.3 is 5.11 Å². The molecule has 0 bridgehead atoms. The van der Waals surface area contributed by atoms with Gasteiger partial charge in [-0.05, 0) is 18.8 Å². The van der Waals surface area contributed by atoms with Crippen molar-refractivity contribution in [1.82, 2.24) is 4.72 Å². The molecule has 0 saturated heterocycles. The summed E-state index contributed by atoms with van der Waals surface area (Å²) in [6.07, 6.45) is 4.03. The van der Waals surface area contributed by atoms with Gasteiger partial charge in [-0.15, -0.1) is 0 Å². The SMILES string of the molecule is CC(C)CS(=O)(=O)NCC1(CO)CCCC1. The van der Waals surface area contributed by atoms with Crippen molar-refractivity contribution in [2.45, 2.75) is 39.5 Å². The van der Waals surface area contributed by atoms with Crippen LogP contribution in [-0.4, -0.2) is 32.4 Å². The van der Waals surface area contributed by atoms with E-state index in [-0.39, 0.29) is 23.7 Å². The summed E-state index contributed by atoms with van der Waals surface area (Å²) >= 11 is 0. The van der Waals surface area contributed by atoms with E-state index in [0.29, 0.717) is 6.54 Å². The van der Waals surface area contributed by atoms with Gasteiger partial charge in [-0.25, -0.2) is 13.1 Å². The van der Waals surface area contributed by atoms with Gasteiger partial charge in [0.15, 0.2) is 0 Å². The van der Waals surface area contributed by atoms with Gasteiger partial charge in [-0.2, -0.15) is 0 Å². The fourth-order valence-electron chi connectivity index (χ4n) is 2.28. The summed E-state index contributed by atoms with van der Waals surface area (Å²) in [5.74, 6) is 0.292. The Labute approximate surface area is 98.5 Å². The number of aliphatic hydroxyl groups excluding tert-OH is 1. The van der Waals surface area contributed by atoms with Gasteiger partial charge in [0.25, 0.3) is 0 Å². The fraction of sp³-hybridized carbons (Fsp3) is 1.00. The summed E-state index contributed by atoms with van der Waals surface area (Å²) in [5, 5.41) is 9.36. The van der Waals surface area contributed by atoms with Crippen LogP contribution in [0.5, 0.6) is 0 Å². The van der Waals surface area contributed by atoms with E-state index in [9.17, 15) is 13.5 Å². The van der Waals surface area contributed by atoms with Crippen LogP contribution < -0.4 is 4.72 Å². The van der Waals surface area contributed by atoms with Gasteiger partial charge >= 0.3 is 0 Å². The zero-order valence-electron chi connectivity index (χ0n) is 10.2. The maximum atomic E-state index is 11.7. The minimum atomic E-state index is -3.18. The van der Waals surface area contributed by atoms with Crippen molar-refractivity contribution in [3.63, 3.8) is 0 Å². The summed E-state index contributed by atoms with van der Waals surface area (Å²) < 4.78 is 26.0. The molecule has 1 fully saturated rings. The third-order valence-electron chi connectivity index (χ3n) is 3.22. The summed E-state index contributed by atoms with van der Waals surface area (Å²) in [4.78, 5) is 0. The highest BCUT2D eigenvalue weighted by Crippen LogP contribution is 2.37. The second-order valence-corrected chi connectivity index (χ2v) is 7.21. The van der Waals surface area contributed by atoms with E-state index in [1.165, 1.54) is 0 Å². The summed E-state index contributed by atoms with van der Waals surface area (Å²) in [6.45, 7) is 4.24. The van der Waals surface area contributed by atoms with Crippen molar-refractivity contribution < 1.29 is 13.5 Å². The molecule has 0 heterocycles. The van der Waals surface area contributed by atoms with Crippen LogP contribution in [0.2, 0.25) is 0 Å². The van der Waals surface area contributed by atoms with Crippen LogP contribution in [0.4, 0.5) is 0 Å². The molecule has 5 heteroatoms. The molecule has 0 radical (unpaired) electrons. The van der Waals surface area contributed by atoms with E-state index in [1.54, 1.807) is 0 Å². The van der Waals surface area contributed by atoms with E-state index in [4.69, 9.17) is 0 Å². The molecule has 0 atom stereocenters. The highest BCUT2D eigenvalue weighted by Gasteiger charge is 2.34. The normalized spacial score (nSPS) is 20.5. The topological polar surface area (TPSA) is 66.4 Å². The third kappa shape index (κ3) is 4.03. The van der Waals surface area contributed by atoms with E-state index in [2.05, 4.69) is 4.72 Å². The number of aliphatic hydroxyl groups is 1. The molecule has 0 aromatic rings. The minimum Gasteiger partial charge on any atom is -0.396 e. The smallest absolute Gasteiger partial charge is 0.211 e. The first-order valence-electron chi connectivity index (χ1n) is 5.97. The molecule has 0 unspecified atom stereocenters. The maximum absolute atomic E-state index is 11.7. The van der Waals surface area contributed by atoms with Gasteiger partial charge in [0, 0.05) is 18.6 Å². The van der Waals surface area contributed by atoms with E-state index in [1.807, 2.05) is 13.8 Å². The first kappa shape index (κ1) is 13.9. The van der Waals surface area contributed by atoms with Crippen LogP contribution >= 0.6 is 0 Å². The molecule has 1 saturated carbocycles. The molecule has 0 aromatic carbocycles. The van der Waals surface area contributed by atoms with E-state index >= 15 is 0 Å². The third-order valence-corrected chi connectivity index (χ3v) is 4.91. The second kappa shape index (κ2) is 5.47. The lowest BCUT2D eigenvalue weighted by Crippen LogP contribution is -2.39. The molecular formula is C11H23NO3S. The number of hydrogen-bond acceptors (Lipinski definition) is 3. The van der Waals surface area contributed by atoms with Gasteiger partial charge in [0.1, 0.15) is 0 Å². The molecule has 1 aliphatic rings. The number of rotatable bonds is 6. The van der Waals surface area contributed by atoms with Crippen molar-refractivity contribution in [1.29, 1.82) is 0 Å². The maximum Gasteiger partial charge on any atom is 0.211 e.